The molecular weight excluding hydrogens is 182 g/mol. The topological polar surface area (TPSA) is 51.8 Å². The fourth-order valence-corrected chi connectivity index (χ4v) is 1.35. The molecule has 3 nitrogen and oxygen atoms in total. The SMILES string of the molecule is CCCCc1nnc(N)s1.Cl. The molecule has 0 unspecified atom stereocenters. The minimum Gasteiger partial charge on any atom is -0.374 e. The second-order valence-electron chi connectivity index (χ2n) is 2.14. The van der Waals surface area contributed by atoms with Crippen LogP contribution in [0.5, 0.6) is 0 Å². The third-order valence-corrected chi connectivity index (χ3v) is 2.04. The second kappa shape index (κ2) is 5.32. The molecule has 1 aromatic heterocycles. The molecule has 0 spiro atoms. The molecule has 0 aliphatic heterocycles. The predicted octanol–water partition coefficient (Wildman–Crippen LogP) is 1.88. The summed E-state index contributed by atoms with van der Waals surface area (Å²) in [4.78, 5) is 0. The van der Waals surface area contributed by atoms with Crippen LogP contribution in [0.15, 0.2) is 0 Å². The average Bonchev–Trinajstić information content (AvgIpc) is 2.31. The van der Waals surface area contributed by atoms with Crippen molar-refractivity contribution in [1.82, 2.24) is 10.2 Å². The highest BCUT2D eigenvalue weighted by Gasteiger charge is 1.98. The zero-order valence-corrected chi connectivity index (χ0v) is 8.04. The van der Waals surface area contributed by atoms with Gasteiger partial charge in [0.15, 0.2) is 0 Å². The van der Waals surface area contributed by atoms with Gasteiger partial charge in [0.05, 0.1) is 0 Å². The van der Waals surface area contributed by atoms with Gasteiger partial charge in [0.25, 0.3) is 0 Å². The number of nitrogen functional groups attached to an aromatic ring is 1. The van der Waals surface area contributed by atoms with Crippen LogP contribution in [-0.2, 0) is 6.42 Å². The predicted molar refractivity (Wildman–Crippen MR) is 50.2 cm³/mol. The molecule has 0 aliphatic carbocycles. The van der Waals surface area contributed by atoms with Crippen LogP contribution in [0.25, 0.3) is 0 Å². The first-order valence-corrected chi connectivity index (χ1v) is 4.22. The van der Waals surface area contributed by atoms with Gasteiger partial charge in [-0.05, 0) is 6.42 Å². The maximum absolute atomic E-state index is 5.40. The van der Waals surface area contributed by atoms with Crippen molar-refractivity contribution < 1.29 is 0 Å². The highest BCUT2D eigenvalue weighted by molar-refractivity contribution is 7.15. The third-order valence-electron chi connectivity index (χ3n) is 1.23. The molecule has 0 amide bonds. The standard InChI is InChI=1S/C6H11N3S.ClH/c1-2-3-4-5-8-9-6(7)10-5;/h2-4H2,1H3,(H2,7,9);1H. The van der Waals surface area contributed by atoms with Crippen LogP contribution in [0, 0.1) is 0 Å². The normalized spacial score (nSPS) is 9.18. The molecule has 0 saturated carbocycles. The smallest absolute Gasteiger partial charge is 0.203 e. The third kappa shape index (κ3) is 3.53. The van der Waals surface area contributed by atoms with Crippen LogP contribution in [0.4, 0.5) is 5.13 Å². The second-order valence-corrected chi connectivity index (χ2v) is 3.23. The van der Waals surface area contributed by atoms with Crippen molar-refractivity contribution in [3.63, 3.8) is 0 Å². The van der Waals surface area contributed by atoms with Crippen molar-refractivity contribution >= 4 is 28.9 Å². The summed E-state index contributed by atoms with van der Waals surface area (Å²) in [5.74, 6) is 0. The van der Waals surface area contributed by atoms with Crippen LogP contribution in [0.2, 0.25) is 0 Å². The minimum atomic E-state index is 0. The Morgan fingerprint density at radius 2 is 2.18 bits per heavy atom. The lowest BCUT2D eigenvalue weighted by Gasteiger charge is -1.87. The van der Waals surface area contributed by atoms with Crippen molar-refractivity contribution in [1.29, 1.82) is 0 Å². The van der Waals surface area contributed by atoms with Gasteiger partial charge in [-0.2, -0.15) is 0 Å². The summed E-state index contributed by atoms with van der Waals surface area (Å²) in [6.45, 7) is 2.16. The Balaban J connectivity index is 0.000001000. The maximum Gasteiger partial charge on any atom is 0.203 e. The van der Waals surface area contributed by atoms with Gasteiger partial charge >= 0.3 is 0 Å². The summed E-state index contributed by atoms with van der Waals surface area (Å²) in [7, 11) is 0. The number of unbranched alkanes of at least 4 members (excludes halogenated alkanes) is 1. The fraction of sp³-hybridized carbons (Fsp3) is 0.667. The van der Waals surface area contributed by atoms with E-state index >= 15 is 0 Å². The number of anilines is 1. The van der Waals surface area contributed by atoms with E-state index in [1.165, 1.54) is 24.2 Å². The van der Waals surface area contributed by atoms with Crippen molar-refractivity contribution in [3.05, 3.63) is 5.01 Å². The molecule has 2 N–H and O–H groups in total. The molecular formula is C6H12ClN3S. The summed E-state index contributed by atoms with van der Waals surface area (Å²) >= 11 is 1.48. The molecule has 0 aliphatic rings. The Hall–Kier alpha value is -0.350. The van der Waals surface area contributed by atoms with E-state index in [0.717, 1.165) is 11.4 Å². The zero-order chi connectivity index (χ0) is 7.40. The Bertz CT molecular complexity index is 201. The van der Waals surface area contributed by atoms with Crippen LogP contribution < -0.4 is 5.73 Å². The summed E-state index contributed by atoms with van der Waals surface area (Å²) in [5.41, 5.74) is 5.40. The molecule has 0 aromatic carbocycles. The average molecular weight is 194 g/mol. The lowest BCUT2D eigenvalue weighted by molar-refractivity contribution is 0.780. The summed E-state index contributed by atoms with van der Waals surface area (Å²) in [6.07, 6.45) is 3.39. The maximum atomic E-state index is 5.40. The number of hydrogen-bond donors (Lipinski definition) is 1. The summed E-state index contributed by atoms with van der Waals surface area (Å²) in [6, 6.07) is 0. The van der Waals surface area contributed by atoms with Gasteiger partial charge < -0.3 is 5.73 Å². The number of halogens is 1. The van der Waals surface area contributed by atoms with E-state index in [0.29, 0.717) is 5.13 Å². The molecule has 1 rings (SSSR count). The molecule has 5 heteroatoms. The Morgan fingerprint density at radius 1 is 1.45 bits per heavy atom. The number of rotatable bonds is 3. The van der Waals surface area contributed by atoms with Gasteiger partial charge in [0.2, 0.25) is 5.13 Å². The highest BCUT2D eigenvalue weighted by atomic mass is 35.5. The number of hydrogen-bond acceptors (Lipinski definition) is 4. The monoisotopic (exact) mass is 193 g/mol. The molecule has 0 bridgehead atoms. The Labute approximate surface area is 76.4 Å². The fourth-order valence-electron chi connectivity index (χ4n) is 0.696. The molecule has 1 heterocycles. The first kappa shape index (κ1) is 10.7. The quantitative estimate of drug-likeness (QED) is 0.798. The van der Waals surface area contributed by atoms with E-state index in [1.54, 1.807) is 0 Å². The number of nitrogens with two attached hydrogens (primary N) is 1. The lowest BCUT2D eigenvalue weighted by atomic mass is 10.3. The molecule has 1 aromatic rings. The van der Waals surface area contributed by atoms with Crippen molar-refractivity contribution in [2.24, 2.45) is 0 Å². The van der Waals surface area contributed by atoms with Gasteiger partial charge in [0, 0.05) is 6.42 Å². The molecule has 11 heavy (non-hydrogen) atoms. The van der Waals surface area contributed by atoms with E-state index in [1.807, 2.05) is 0 Å². The van der Waals surface area contributed by atoms with E-state index in [4.69, 9.17) is 5.73 Å². The molecule has 0 saturated heterocycles. The summed E-state index contributed by atoms with van der Waals surface area (Å²) in [5, 5.41) is 9.24. The van der Waals surface area contributed by atoms with E-state index in [9.17, 15) is 0 Å². The lowest BCUT2D eigenvalue weighted by Crippen LogP contribution is -1.82. The van der Waals surface area contributed by atoms with Gasteiger partial charge in [-0.15, -0.1) is 22.6 Å². The Kier molecular flexibility index (Phi) is 5.15. The van der Waals surface area contributed by atoms with Crippen molar-refractivity contribution in [2.45, 2.75) is 26.2 Å². The number of aromatic nitrogens is 2. The number of aryl methyl sites for hydroxylation is 1. The molecule has 0 radical (unpaired) electrons. The van der Waals surface area contributed by atoms with Crippen LogP contribution in [0.1, 0.15) is 24.8 Å². The van der Waals surface area contributed by atoms with Gasteiger partial charge in [-0.3, -0.25) is 0 Å². The number of nitrogens with zero attached hydrogens (tertiary/aromatic N) is 2. The molecule has 0 fully saturated rings. The summed E-state index contributed by atoms with van der Waals surface area (Å²) < 4.78 is 0. The van der Waals surface area contributed by atoms with E-state index in [-0.39, 0.29) is 12.4 Å². The van der Waals surface area contributed by atoms with Crippen LogP contribution in [0.3, 0.4) is 0 Å². The van der Waals surface area contributed by atoms with Crippen molar-refractivity contribution in [3.8, 4) is 0 Å². The Morgan fingerprint density at radius 3 is 2.64 bits per heavy atom. The highest BCUT2D eigenvalue weighted by Crippen LogP contribution is 2.12. The first-order chi connectivity index (χ1) is 4.83. The van der Waals surface area contributed by atoms with Crippen LogP contribution >= 0.6 is 23.7 Å². The van der Waals surface area contributed by atoms with Gasteiger partial charge in [-0.1, -0.05) is 24.7 Å². The van der Waals surface area contributed by atoms with E-state index < -0.39 is 0 Å². The van der Waals surface area contributed by atoms with E-state index in [2.05, 4.69) is 17.1 Å². The van der Waals surface area contributed by atoms with Gasteiger partial charge in [0.1, 0.15) is 5.01 Å². The largest absolute Gasteiger partial charge is 0.374 e. The molecule has 0 atom stereocenters. The first-order valence-electron chi connectivity index (χ1n) is 3.40. The molecule has 64 valence electrons. The van der Waals surface area contributed by atoms with Gasteiger partial charge in [-0.25, -0.2) is 0 Å². The van der Waals surface area contributed by atoms with Crippen molar-refractivity contribution in [2.75, 3.05) is 5.73 Å². The minimum absolute atomic E-state index is 0. The van der Waals surface area contributed by atoms with Crippen LogP contribution in [-0.4, -0.2) is 10.2 Å². The zero-order valence-electron chi connectivity index (χ0n) is 6.41.